The van der Waals surface area contributed by atoms with Gasteiger partial charge in [0.05, 0.1) is 11.4 Å². The van der Waals surface area contributed by atoms with Crippen molar-refractivity contribution in [2.24, 2.45) is 0 Å². The Morgan fingerprint density at radius 2 is 1.66 bits per heavy atom. The first-order valence-electron chi connectivity index (χ1n) is 10.2. The normalized spacial score (nSPS) is 10.8. The molecule has 1 heterocycles. The average Bonchev–Trinajstić information content (AvgIpc) is 3.22. The van der Waals surface area contributed by atoms with Crippen LogP contribution in [0.4, 0.5) is 0 Å². The number of hydrogen-bond acceptors (Lipinski definition) is 4. The molecule has 4 aromatic rings. The van der Waals surface area contributed by atoms with E-state index in [4.69, 9.17) is 11.6 Å². The highest BCUT2D eigenvalue weighted by molar-refractivity contribution is 7.99. The van der Waals surface area contributed by atoms with Gasteiger partial charge in [0, 0.05) is 24.2 Å². The van der Waals surface area contributed by atoms with Crippen LogP contribution in [-0.2, 0) is 11.3 Å². The Balaban J connectivity index is 1.59. The number of aryl methyl sites for hydroxylation is 1. The molecule has 0 aliphatic rings. The van der Waals surface area contributed by atoms with Gasteiger partial charge < -0.3 is 4.90 Å². The Labute approximate surface area is 197 Å². The summed E-state index contributed by atoms with van der Waals surface area (Å²) in [7, 11) is 1.82. The quantitative estimate of drug-likeness (QED) is 0.333. The predicted molar refractivity (Wildman–Crippen MR) is 130 cm³/mol. The second kappa shape index (κ2) is 10.0. The molecule has 7 heteroatoms. The first-order chi connectivity index (χ1) is 15.5. The van der Waals surface area contributed by atoms with E-state index < -0.39 is 0 Å². The molecule has 0 unspecified atom stereocenters. The largest absolute Gasteiger partial charge is 0.341 e. The first kappa shape index (κ1) is 22.1. The molecular weight excluding hydrogens is 440 g/mol. The molecule has 5 nitrogen and oxygen atoms in total. The predicted octanol–water partition coefficient (Wildman–Crippen LogP) is 5.65. The van der Waals surface area contributed by atoms with Crippen LogP contribution in [0, 0.1) is 6.92 Å². The Bertz CT molecular complexity index is 1210. The van der Waals surface area contributed by atoms with E-state index in [0.717, 1.165) is 22.4 Å². The van der Waals surface area contributed by atoms with Crippen LogP contribution < -0.4 is 0 Å². The molecule has 0 saturated heterocycles. The van der Waals surface area contributed by atoms with E-state index in [-0.39, 0.29) is 11.7 Å². The van der Waals surface area contributed by atoms with Gasteiger partial charge in [-0.25, -0.2) is 0 Å². The highest BCUT2D eigenvalue weighted by Gasteiger charge is 2.19. The maximum atomic E-state index is 12.8. The SMILES string of the molecule is Cc1ccccc1-n1c(SCC(=O)N(C)Cc2ccccc2)nnc1-c1ccc(Cl)cc1. The number of rotatable bonds is 7. The maximum absolute atomic E-state index is 12.8. The minimum absolute atomic E-state index is 0.0335. The highest BCUT2D eigenvalue weighted by atomic mass is 35.5. The summed E-state index contributed by atoms with van der Waals surface area (Å²) in [4.78, 5) is 14.5. The second-order valence-electron chi connectivity index (χ2n) is 7.46. The van der Waals surface area contributed by atoms with Crippen LogP contribution in [0.15, 0.2) is 84.0 Å². The summed E-state index contributed by atoms with van der Waals surface area (Å²) in [6, 6.07) is 25.6. The number of carbonyl (C=O) groups is 1. The Kier molecular flexibility index (Phi) is 6.93. The molecular formula is C25H23ClN4OS. The van der Waals surface area contributed by atoms with Crippen molar-refractivity contribution in [3.8, 4) is 17.1 Å². The number of nitrogens with zero attached hydrogens (tertiary/aromatic N) is 4. The van der Waals surface area contributed by atoms with E-state index in [1.807, 2.05) is 97.4 Å². The van der Waals surface area contributed by atoms with E-state index in [1.165, 1.54) is 11.8 Å². The summed E-state index contributed by atoms with van der Waals surface area (Å²) in [5.41, 5.74) is 4.08. The number of aromatic nitrogens is 3. The van der Waals surface area contributed by atoms with Crippen molar-refractivity contribution in [2.45, 2.75) is 18.6 Å². The van der Waals surface area contributed by atoms with Crippen molar-refractivity contribution < 1.29 is 4.79 Å². The topological polar surface area (TPSA) is 51.0 Å². The number of amides is 1. The van der Waals surface area contributed by atoms with Gasteiger partial charge in [0.15, 0.2) is 11.0 Å². The van der Waals surface area contributed by atoms with Crippen LogP contribution in [0.5, 0.6) is 0 Å². The van der Waals surface area contributed by atoms with E-state index >= 15 is 0 Å². The van der Waals surface area contributed by atoms with Gasteiger partial charge in [0.1, 0.15) is 0 Å². The monoisotopic (exact) mass is 462 g/mol. The lowest BCUT2D eigenvalue weighted by Gasteiger charge is -2.17. The van der Waals surface area contributed by atoms with Crippen molar-refractivity contribution in [1.82, 2.24) is 19.7 Å². The van der Waals surface area contributed by atoms with Gasteiger partial charge in [-0.3, -0.25) is 9.36 Å². The lowest BCUT2D eigenvalue weighted by molar-refractivity contribution is -0.127. The van der Waals surface area contributed by atoms with Crippen molar-refractivity contribution in [2.75, 3.05) is 12.8 Å². The molecule has 0 aliphatic heterocycles. The van der Waals surface area contributed by atoms with Gasteiger partial charge in [-0.15, -0.1) is 10.2 Å². The smallest absolute Gasteiger partial charge is 0.233 e. The molecule has 0 N–H and O–H groups in total. The highest BCUT2D eigenvalue weighted by Crippen LogP contribution is 2.30. The van der Waals surface area contributed by atoms with Crippen LogP contribution in [0.1, 0.15) is 11.1 Å². The molecule has 4 rings (SSSR count). The molecule has 32 heavy (non-hydrogen) atoms. The molecule has 0 radical (unpaired) electrons. The van der Waals surface area contributed by atoms with Gasteiger partial charge in [-0.2, -0.15) is 0 Å². The summed E-state index contributed by atoms with van der Waals surface area (Å²) in [6.07, 6.45) is 0. The fraction of sp³-hybridized carbons (Fsp3) is 0.160. The van der Waals surface area contributed by atoms with Gasteiger partial charge in [0.25, 0.3) is 0 Å². The third-order valence-corrected chi connectivity index (χ3v) is 6.27. The molecule has 3 aromatic carbocycles. The summed E-state index contributed by atoms with van der Waals surface area (Å²) >= 11 is 7.46. The molecule has 0 atom stereocenters. The molecule has 1 amide bonds. The standard InChI is InChI=1S/C25H23ClN4OS/c1-18-8-6-7-11-22(18)30-24(20-12-14-21(26)15-13-20)27-28-25(30)32-17-23(31)29(2)16-19-9-4-3-5-10-19/h3-15H,16-17H2,1-2H3. The van der Waals surface area contributed by atoms with Crippen LogP contribution in [0.2, 0.25) is 5.02 Å². The summed E-state index contributed by atoms with van der Waals surface area (Å²) < 4.78 is 2.01. The molecule has 1 aromatic heterocycles. The number of halogens is 1. The molecule has 0 bridgehead atoms. The van der Waals surface area contributed by atoms with Crippen molar-refractivity contribution in [3.05, 3.63) is 95.0 Å². The number of thioether (sulfide) groups is 1. The second-order valence-corrected chi connectivity index (χ2v) is 8.84. The molecule has 0 saturated carbocycles. The summed E-state index contributed by atoms with van der Waals surface area (Å²) in [6.45, 7) is 2.62. The van der Waals surface area contributed by atoms with Gasteiger partial charge in [-0.1, -0.05) is 71.9 Å². The van der Waals surface area contributed by atoms with E-state index in [9.17, 15) is 4.79 Å². The molecule has 0 spiro atoms. The van der Waals surface area contributed by atoms with Crippen molar-refractivity contribution in [3.63, 3.8) is 0 Å². The number of carbonyl (C=O) groups excluding carboxylic acids is 1. The molecule has 162 valence electrons. The molecule has 0 fully saturated rings. The summed E-state index contributed by atoms with van der Waals surface area (Å²) in [5, 5.41) is 10.2. The fourth-order valence-corrected chi connectivity index (χ4v) is 4.37. The van der Waals surface area contributed by atoms with Gasteiger partial charge >= 0.3 is 0 Å². The third kappa shape index (κ3) is 5.03. The lowest BCUT2D eigenvalue weighted by atomic mass is 10.1. The van der Waals surface area contributed by atoms with Crippen LogP contribution in [0.3, 0.4) is 0 Å². The molecule has 0 aliphatic carbocycles. The van der Waals surface area contributed by atoms with E-state index in [1.54, 1.807) is 4.90 Å². The minimum atomic E-state index is 0.0335. The zero-order valence-corrected chi connectivity index (χ0v) is 19.5. The van der Waals surface area contributed by atoms with E-state index in [2.05, 4.69) is 10.2 Å². The zero-order chi connectivity index (χ0) is 22.5. The van der Waals surface area contributed by atoms with Crippen LogP contribution in [0.25, 0.3) is 17.1 Å². The van der Waals surface area contributed by atoms with E-state index in [0.29, 0.717) is 22.5 Å². The maximum Gasteiger partial charge on any atom is 0.233 e. The van der Waals surface area contributed by atoms with Gasteiger partial charge in [0.2, 0.25) is 5.91 Å². The third-order valence-electron chi connectivity index (χ3n) is 5.11. The Hall–Kier alpha value is -3.09. The fourth-order valence-electron chi connectivity index (χ4n) is 3.36. The van der Waals surface area contributed by atoms with Crippen LogP contribution >= 0.6 is 23.4 Å². The minimum Gasteiger partial charge on any atom is -0.341 e. The van der Waals surface area contributed by atoms with Crippen molar-refractivity contribution in [1.29, 1.82) is 0 Å². The summed E-state index contributed by atoms with van der Waals surface area (Å²) in [5.74, 6) is 1.02. The first-order valence-corrected chi connectivity index (χ1v) is 11.6. The number of benzene rings is 3. The number of hydrogen-bond donors (Lipinski definition) is 0. The van der Waals surface area contributed by atoms with Crippen LogP contribution in [-0.4, -0.2) is 38.4 Å². The Morgan fingerprint density at radius 1 is 0.969 bits per heavy atom. The average molecular weight is 463 g/mol. The Morgan fingerprint density at radius 3 is 2.38 bits per heavy atom. The number of para-hydroxylation sites is 1. The lowest BCUT2D eigenvalue weighted by Crippen LogP contribution is -2.27. The van der Waals surface area contributed by atoms with Crippen molar-refractivity contribution >= 4 is 29.3 Å². The zero-order valence-electron chi connectivity index (χ0n) is 17.9. The van der Waals surface area contributed by atoms with Gasteiger partial charge in [-0.05, 0) is 48.4 Å².